The van der Waals surface area contributed by atoms with Crippen LogP contribution in [0, 0.1) is 0 Å². The van der Waals surface area contributed by atoms with Gasteiger partial charge in [0.15, 0.2) is 0 Å². The van der Waals surface area contributed by atoms with Crippen molar-refractivity contribution in [1.82, 2.24) is 0 Å². The van der Waals surface area contributed by atoms with E-state index < -0.39 is 0 Å². The van der Waals surface area contributed by atoms with Gasteiger partial charge < -0.3 is 5.73 Å². The molecular formula is C10H10BNS. The van der Waals surface area contributed by atoms with E-state index in [4.69, 9.17) is 13.6 Å². The van der Waals surface area contributed by atoms with Crippen LogP contribution in [-0.2, 0) is 6.42 Å². The zero-order chi connectivity index (χ0) is 9.26. The van der Waals surface area contributed by atoms with Gasteiger partial charge in [0, 0.05) is 9.58 Å². The molecule has 0 atom stereocenters. The van der Waals surface area contributed by atoms with Gasteiger partial charge in [0.2, 0.25) is 0 Å². The Kier molecular flexibility index (Phi) is 2.38. The van der Waals surface area contributed by atoms with E-state index in [0.29, 0.717) is 6.54 Å². The summed E-state index contributed by atoms with van der Waals surface area (Å²) in [6.07, 6.45) is 0.958. The third-order valence-corrected chi connectivity index (χ3v) is 3.14. The van der Waals surface area contributed by atoms with Crippen LogP contribution in [0.5, 0.6) is 0 Å². The predicted molar refractivity (Wildman–Crippen MR) is 60.0 cm³/mol. The molecule has 0 fully saturated rings. The summed E-state index contributed by atoms with van der Waals surface area (Å²) >= 11 is 1.78. The molecule has 2 N–H and O–H groups in total. The van der Waals surface area contributed by atoms with Gasteiger partial charge in [0.1, 0.15) is 7.85 Å². The molecule has 2 rings (SSSR count). The van der Waals surface area contributed by atoms with Crippen LogP contribution in [0.2, 0.25) is 0 Å². The summed E-state index contributed by atoms with van der Waals surface area (Å²) in [7, 11) is 5.69. The monoisotopic (exact) mass is 187 g/mol. The lowest BCUT2D eigenvalue weighted by Crippen LogP contribution is -2.00. The molecule has 2 radical (unpaired) electrons. The molecule has 13 heavy (non-hydrogen) atoms. The number of hydrogen-bond donors (Lipinski definition) is 1. The zero-order valence-corrected chi connectivity index (χ0v) is 8.10. The summed E-state index contributed by atoms with van der Waals surface area (Å²) in [4.78, 5) is 1.34. The van der Waals surface area contributed by atoms with Gasteiger partial charge in [0.25, 0.3) is 0 Å². The molecule has 0 spiro atoms. The minimum absolute atomic E-state index is 0.711. The number of fused-ring (bicyclic) bond motifs is 1. The van der Waals surface area contributed by atoms with Crippen molar-refractivity contribution in [3.05, 3.63) is 29.1 Å². The number of thiophene rings is 1. The first-order valence-electron chi connectivity index (χ1n) is 4.27. The van der Waals surface area contributed by atoms with Crippen molar-refractivity contribution in [3.63, 3.8) is 0 Å². The quantitative estimate of drug-likeness (QED) is 0.702. The SMILES string of the molecule is [B]c1ccc2cc(CCN)sc2c1. The molecule has 0 unspecified atom stereocenters. The van der Waals surface area contributed by atoms with E-state index in [1.807, 2.05) is 12.1 Å². The molecule has 1 aromatic heterocycles. The number of benzene rings is 1. The molecular weight excluding hydrogens is 177 g/mol. The molecule has 0 saturated heterocycles. The van der Waals surface area contributed by atoms with E-state index in [2.05, 4.69) is 12.1 Å². The van der Waals surface area contributed by atoms with E-state index in [1.54, 1.807) is 11.3 Å². The van der Waals surface area contributed by atoms with Crippen LogP contribution in [0.1, 0.15) is 4.88 Å². The zero-order valence-electron chi connectivity index (χ0n) is 7.29. The van der Waals surface area contributed by atoms with Gasteiger partial charge in [-0.15, -0.1) is 11.3 Å². The fourth-order valence-electron chi connectivity index (χ4n) is 1.37. The lowest BCUT2D eigenvalue weighted by molar-refractivity contribution is 0.989. The first-order chi connectivity index (χ1) is 6.29. The van der Waals surface area contributed by atoms with Crippen LogP contribution in [0.4, 0.5) is 0 Å². The van der Waals surface area contributed by atoms with Crippen molar-refractivity contribution in [1.29, 1.82) is 0 Å². The van der Waals surface area contributed by atoms with Gasteiger partial charge in [-0.1, -0.05) is 23.7 Å². The summed E-state index contributed by atoms with van der Waals surface area (Å²) in [5.41, 5.74) is 6.32. The molecule has 1 nitrogen and oxygen atoms in total. The van der Waals surface area contributed by atoms with E-state index in [9.17, 15) is 0 Å². The van der Waals surface area contributed by atoms with Crippen molar-refractivity contribution in [3.8, 4) is 0 Å². The average molecular weight is 187 g/mol. The van der Waals surface area contributed by atoms with Crippen LogP contribution in [0.3, 0.4) is 0 Å². The molecule has 3 heteroatoms. The lowest BCUT2D eigenvalue weighted by atomic mass is 9.96. The molecule has 0 aliphatic carbocycles. The second-order valence-corrected chi connectivity index (χ2v) is 4.22. The van der Waals surface area contributed by atoms with Crippen LogP contribution >= 0.6 is 11.3 Å². The van der Waals surface area contributed by atoms with E-state index in [1.165, 1.54) is 15.0 Å². The molecule has 1 aromatic carbocycles. The maximum absolute atomic E-state index is 5.69. The number of nitrogens with two attached hydrogens (primary N) is 1. The molecule has 0 bridgehead atoms. The first kappa shape index (κ1) is 8.79. The smallest absolute Gasteiger partial charge is 0.113 e. The molecule has 0 aliphatic rings. The van der Waals surface area contributed by atoms with Gasteiger partial charge in [-0.25, -0.2) is 0 Å². The maximum atomic E-state index is 5.69. The van der Waals surface area contributed by atoms with E-state index in [-0.39, 0.29) is 0 Å². The molecule has 64 valence electrons. The highest BCUT2D eigenvalue weighted by Crippen LogP contribution is 2.24. The average Bonchev–Trinajstić information content (AvgIpc) is 2.46. The van der Waals surface area contributed by atoms with Crippen LogP contribution < -0.4 is 11.2 Å². The Hall–Kier alpha value is -0.795. The van der Waals surface area contributed by atoms with Gasteiger partial charge >= 0.3 is 0 Å². The minimum Gasteiger partial charge on any atom is -0.330 e. The Balaban J connectivity index is 2.49. The molecule has 0 aliphatic heterocycles. The lowest BCUT2D eigenvalue weighted by Gasteiger charge is -1.90. The van der Waals surface area contributed by atoms with Gasteiger partial charge in [-0.3, -0.25) is 0 Å². The van der Waals surface area contributed by atoms with Crippen LogP contribution in [0.15, 0.2) is 24.3 Å². The highest BCUT2D eigenvalue weighted by Gasteiger charge is 2.00. The standard InChI is InChI=1S/C10H10BNS/c11-8-2-1-7-5-9(3-4-12)13-10(7)6-8/h1-2,5-6H,3-4,12H2. The normalized spacial score (nSPS) is 10.8. The van der Waals surface area contributed by atoms with Gasteiger partial charge in [-0.2, -0.15) is 0 Å². The Morgan fingerprint density at radius 2 is 2.15 bits per heavy atom. The predicted octanol–water partition coefficient (Wildman–Crippen LogP) is 1.20. The van der Waals surface area contributed by atoms with E-state index >= 15 is 0 Å². The summed E-state index contributed by atoms with van der Waals surface area (Å²) in [5, 5.41) is 1.27. The highest BCUT2D eigenvalue weighted by atomic mass is 32.1. The molecule has 0 amide bonds. The third kappa shape index (κ3) is 1.76. The van der Waals surface area contributed by atoms with Crippen molar-refractivity contribution in [2.45, 2.75) is 6.42 Å². The highest BCUT2D eigenvalue weighted by molar-refractivity contribution is 7.19. The van der Waals surface area contributed by atoms with Crippen molar-refractivity contribution >= 4 is 34.7 Å². The fraction of sp³-hybridized carbons (Fsp3) is 0.200. The Labute approximate surface area is 83.0 Å². The van der Waals surface area contributed by atoms with Gasteiger partial charge in [0.05, 0.1) is 0 Å². The molecule has 0 saturated carbocycles. The number of hydrogen-bond acceptors (Lipinski definition) is 2. The maximum Gasteiger partial charge on any atom is 0.113 e. The summed E-state index contributed by atoms with van der Waals surface area (Å²) in [5.74, 6) is 0. The molecule has 2 aromatic rings. The fourth-order valence-corrected chi connectivity index (χ4v) is 2.50. The summed E-state index contributed by atoms with van der Waals surface area (Å²) in [6, 6.07) is 8.19. The summed E-state index contributed by atoms with van der Waals surface area (Å²) < 4.78 is 1.25. The second kappa shape index (κ2) is 3.52. The van der Waals surface area contributed by atoms with Crippen molar-refractivity contribution in [2.75, 3.05) is 6.54 Å². The largest absolute Gasteiger partial charge is 0.330 e. The number of rotatable bonds is 2. The second-order valence-electron chi connectivity index (χ2n) is 3.05. The summed E-state index contributed by atoms with van der Waals surface area (Å²) in [6.45, 7) is 0.711. The third-order valence-electron chi connectivity index (χ3n) is 1.99. The Bertz CT molecular complexity index is 422. The van der Waals surface area contributed by atoms with Gasteiger partial charge in [-0.05, 0) is 24.4 Å². The molecule has 1 heterocycles. The van der Waals surface area contributed by atoms with Crippen LogP contribution in [0.25, 0.3) is 10.1 Å². The minimum atomic E-state index is 0.711. The first-order valence-corrected chi connectivity index (χ1v) is 5.09. The van der Waals surface area contributed by atoms with Crippen molar-refractivity contribution < 1.29 is 0 Å². The Morgan fingerprint density at radius 1 is 1.31 bits per heavy atom. The topological polar surface area (TPSA) is 26.0 Å². The Morgan fingerprint density at radius 3 is 2.92 bits per heavy atom. The van der Waals surface area contributed by atoms with E-state index in [0.717, 1.165) is 11.9 Å². The van der Waals surface area contributed by atoms with Crippen LogP contribution in [-0.4, -0.2) is 14.4 Å². The van der Waals surface area contributed by atoms with Crippen molar-refractivity contribution in [2.24, 2.45) is 5.73 Å².